The van der Waals surface area contributed by atoms with Crippen molar-refractivity contribution < 1.29 is 27.6 Å². The molecule has 1 aromatic carbocycles. The number of methoxy groups -OCH3 is 1. The van der Waals surface area contributed by atoms with Crippen LogP contribution in [0.5, 0.6) is 5.88 Å². The third kappa shape index (κ3) is 4.92. The zero-order valence-electron chi connectivity index (χ0n) is 15.5. The van der Waals surface area contributed by atoms with Gasteiger partial charge in [-0.3, -0.25) is 24.3 Å². The number of aromatic nitrogens is 4. The van der Waals surface area contributed by atoms with Gasteiger partial charge < -0.3 is 10.1 Å². The first kappa shape index (κ1) is 20.8. The molecule has 10 nitrogen and oxygen atoms in total. The number of halogens is 3. The van der Waals surface area contributed by atoms with Gasteiger partial charge in [0.05, 0.1) is 36.0 Å². The van der Waals surface area contributed by atoms with Gasteiger partial charge in [-0.05, 0) is 17.7 Å². The van der Waals surface area contributed by atoms with Crippen LogP contribution in [0.2, 0.25) is 0 Å². The number of benzene rings is 1. The second-order valence-electron chi connectivity index (χ2n) is 6.15. The highest BCUT2D eigenvalue weighted by atomic mass is 19.4. The molecule has 1 amide bonds. The van der Waals surface area contributed by atoms with E-state index in [0.29, 0.717) is 11.3 Å². The van der Waals surface area contributed by atoms with Crippen LogP contribution in [0.3, 0.4) is 0 Å². The summed E-state index contributed by atoms with van der Waals surface area (Å²) < 4.78 is 45.6. The Balaban J connectivity index is 1.63. The van der Waals surface area contributed by atoms with E-state index in [1.165, 1.54) is 36.3 Å². The van der Waals surface area contributed by atoms with Crippen molar-refractivity contribution in [2.45, 2.75) is 19.3 Å². The van der Waals surface area contributed by atoms with Gasteiger partial charge in [-0.1, -0.05) is 12.1 Å². The van der Waals surface area contributed by atoms with Crippen molar-refractivity contribution in [3.8, 4) is 5.88 Å². The normalized spacial score (nSPS) is 11.3. The minimum Gasteiger partial charge on any atom is -0.475 e. The van der Waals surface area contributed by atoms with Gasteiger partial charge in [0.2, 0.25) is 5.91 Å². The number of amides is 1. The first-order valence-corrected chi connectivity index (χ1v) is 8.40. The van der Waals surface area contributed by atoms with Crippen LogP contribution in [-0.4, -0.2) is 37.5 Å². The molecule has 0 fully saturated rings. The molecular weight excluding hydrogens is 409 g/mol. The third-order valence-corrected chi connectivity index (χ3v) is 3.92. The third-order valence-electron chi connectivity index (χ3n) is 3.92. The number of nitrogens with zero attached hydrogens (tertiary/aromatic N) is 5. The number of alkyl halides is 3. The van der Waals surface area contributed by atoms with Gasteiger partial charge >= 0.3 is 17.7 Å². The molecule has 13 heteroatoms. The van der Waals surface area contributed by atoms with Crippen molar-refractivity contribution in [1.29, 1.82) is 0 Å². The minimum absolute atomic E-state index is 0.0718. The molecule has 1 N–H and O–H groups in total. The van der Waals surface area contributed by atoms with Crippen molar-refractivity contribution in [3.05, 3.63) is 64.1 Å². The molecule has 30 heavy (non-hydrogen) atoms. The summed E-state index contributed by atoms with van der Waals surface area (Å²) in [5.41, 5.74) is -0.439. The van der Waals surface area contributed by atoms with Gasteiger partial charge in [0.1, 0.15) is 12.7 Å². The summed E-state index contributed by atoms with van der Waals surface area (Å²) >= 11 is 0. The maximum atomic E-state index is 12.8. The molecule has 0 aliphatic heterocycles. The summed E-state index contributed by atoms with van der Waals surface area (Å²) in [5.74, 6) is -0.754. The van der Waals surface area contributed by atoms with Crippen molar-refractivity contribution in [1.82, 2.24) is 19.6 Å². The molecular formula is C17H15F3N6O4. The molecule has 0 bridgehead atoms. The fraction of sp³-hybridized carbons (Fsp3) is 0.235. The van der Waals surface area contributed by atoms with E-state index >= 15 is 0 Å². The van der Waals surface area contributed by atoms with Crippen LogP contribution < -0.4 is 10.1 Å². The molecule has 0 unspecified atom stereocenters. The van der Waals surface area contributed by atoms with Crippen molar-refractivity contribution in [3.63, 3.8) is 0 Å². The largest absolute Gasteiger partial charge is 0.475 e. The van der Waals surface area contributed by atoms with Crippen LogP contribution in [0.4, 0.5) is 24.5 Å². The summed E-state index contributed by atoms with van der Waals surface area (Å²) in [6.07, 6.45) is -0.596. The molecule has 0 atom stereocenters. The fourth-order valence-corrected chi connectivity index (χ4v) is 2.64. The summed E-state index contributed by atoms with van der Waals surface area (Å²) in [7, 11) is 1.22. The number of nitro groups is 1. The van der Waals surface area contributed by atoms with Gasteiger partial charge in [-0.2, -0.15) is 18.3 Å². The summed E-state index contributed by atoms with van der Waals surface area (Å²) in [5, 5.41) is 21.2. The quantitative estimate of drug-likeness (QED) is 0.460. The zero-order chi connectivity index (χ0) is 21.9. The monoisotopic (exact) mass is 424 g/mol. The second kappa shape index (κ2) is 8.23. The number of hydrogen-bond acceptors (Lipinski definition) is 6. The van der Waals surface area contributed by atoms with Gasteiger partial charge in [-0.25, -0.2) is 0 Å². The predicted octanol–water partition coefficient (Wildman–Crippen LogP) is 2.70. The standard InChI is InChI=1S/C17H15F3N6O4/c1-30-16-14(26(28)29)9-25(23-16)10-15(27)22-13-6-21-24(8-13)7-11-3-2-4-12(5-11)17(18,19)20/h2-6,8-9H,7,10H2,1H3,(H,22,27). The number of carbonyl (C=O) groups excluding carboxylic acids is 1. The summed E-state index contributed by atoms with van der Waals surface area (Å²) in [6.45, 7) is -0.245. The molecule has 0 radical (unpaired) electrons. The van der Waals surface area contributed by atoms with Gasteiger partial charge in [0, 0.05) is 6.20 Å². The number of ether oxygens (including phenoxy) is 1. The highest BCUT2D eigenvalue weighted by molar-refractivity contribution is 5.90. The lowest BCUT2D eigenvalue weighted by Crippen LogP contribution is -2.18. The van der Waals surface area contributed by atoms with Crippen LogP contribution in [-0.2, 0) is 24.1 Å². The molecule has 0 saturated heterocycles. The lowest BCUT2D eigenvalue weighted by molar-refractivity contribution is -0.385. The van der Waals surface area contributed by atoms with Crippen LogP contribution >= 0.6 is 0 Å². The minimum atomic E-state index is -4.44. The van der Waals surface area contributed by atoms with Crippen LogP contribution in [0, 0.1) is 10.1 Å². The Kier molecular flexibility index (Phi) is 5.71. The molecule has 0 aliphatic carbocycles. The lowest BCUT2D eigenvalue weighted by Gasteiger charge is -2.08. The SMILES string of the molecule is COc1nn(CC(=O)Nc2cnn(Cc3cccc(C(F)(F)F)c3)c2)cc1[N+](=O)[O-]. The highest BCUT2D eigenvalue weighted by Gasteiger charge is 2.30. The Morgan fingerprint density at radius 1 is 1.30 bits per heavy atom. The van der Waals surface area contributed by atoms with Gasteiger partial charge in [-0.15, -0.1) is 5.10 Å². The lowest BCUT2D eigenvalue weighted by atomic mass is 10.1. The molecule has 2 aromatic heterocycles. The first-order chi connectivity index (χ1) is 14.2. The van der Waals surface area contributed by atoms with Crippen LogP contribution in [0.15, 0.2) is 42.9 Å². The first-order valence-electron chi connectivity index (χ1n) is 8.40. The summed E-state index contributed by atoms with van der Waals surface area (Å²) in [6, 6.07) is 4.85. The molecule has 2 heterocycles. The van der Waals surface area contributed by atoms with E-state index < -0.39 is 22.6 Å². The maximum absolute atomic E-state index is 12.8. The average Bonchev–Trinajstić information content (AvgIpc) is 3.27. The van der Waals surface area contributed by atoms with E-state index in [1.807, 2.05) is 0 Å². The van der Waals surface area contributed by atoms with Crippen molar-refractivity contribution in [2.24, 2.45) is 0 Å². The van der Waals surface area contributed by atoms with E-state index in [1.54, 1.807) is 0 Å². The smallest absolute Gasteiger partial charge is 0.416 e. The molecule has 3 aromatic rings. The Labute approximate surface area is 167 Å². The van der Waals surface area contributed by atoms with E-state index in [4.69, 9.17) is 4.74 Å². The number of hydrogen-bond donors (Lipinski definition) is 1. The van der Waals surface area contributed by atoms with Gasteiger partial charge in [0.15, 0.2) is 0 Å². The Hall–Kier alpha value is -3.90. The number of rotatable bonds is 7. The second-order valence-corrected chi connectivity index (χ2v) is 6.15. The van der Waals surface area contributed by atoms with E-state index in [2.05, 4.69) is 15.5 Å². The molecule has 0 spiro atoms. The zero-order valence-corrected chi connectivity index (χ0v) is 15.5. The molecule has 3 rings (SSSR count). The maximum Gasteiger partial charge on any atom is 0.416 e. The van der Waals surface area contributed by atoms with Gasteiger partial charge in [0.25, 0.3) is 0 Å². The highest BCUT2D eigenvalue weighted by Crippen LogP contribution is 2.29. The molecule has 0 saturated carbocycles. The summed E-state index contributed by atoms with van der Waals surface area (Å²) in [4.78, 5) is 22.4. The Bertz CT molecular complexity index is 1080. The molecule has 0 aliphatic rings. The van der Waals surface area contributed by atoms with E-state index in [-0.39, 0.29) is 24.7 Å². The topological polar surface area (TPSA) is 117 Å². The fourth-order valence-electron chi connectivity index (χ4n) is 2.64. The molecule has 158 valence electrons. The van der Waals surface area contributed by atoms with E-state index in [0.717, 1.165) is 23.0 Å². The average molecular weight is 424 g/mol. The van der Waals surface area contributed by atoms with Crippen molar-refractivity contribution in [2.75, 3.05) is 12.4 Å². The number of carbonyl (C=O) groups is 1. The van der Waals surface area contributed by atoms with Crippen LogP contribution in [0.1, 0.15) is 11.1 Å². The Morgan fingerprint density at radius 3 is 2.70 bits per heavy atom. The number of nitrogens with one attached hydrogen (secondary N) is 1. The van der Waals surface area contributed by atoms with Crippen molar-refractivity contribution >= 4 is 17.3 Å². The number of anilines is 1. The predicted molar refractivity (Wildman–Crippen MR) is 96.8 cm³/mol. The van der Waals surface area contributed by atoms with Crippen LogP contribution in [0.25, 0.3) is 0 Å². The van der Waals surface area contributed by atoms with E-state index in [9.17, 15) is 28.1 Å². The Morgan fingerprint density at radius 2 is 2.07 bits per heavy atom.